The summed E-state index contributed by atoms with van der Waals surface area (Å²) in [5.41, 5.74) is 1.20. The first-order chi connectivity index (χ1) is 13.0. The zero-order chi connectivity index (χ0) is 19.4. The highest BCUT2D eigenvalue weighted by Gasteiger charge is 2.24. The lowest BCUT2D eigenvalue weighted by atomic mass is 10.1. The average molecular weight is 434 g/mol. The molecule has 2 aromatic carbocycles. The van der Waals surface area contributed by atoms with Crippen LogP contribution in [0.3, 0.4) is 0 Å². The molecule has 0 radical (unpaired) electrons. The third-order valence-electron chi connectivity index (χ3n) is 3.62. The molecule has 2 aromatic rings. The Balaban J connectivity index is 1.97. The largest absolute Gasteiger partial charge is 0.490 e. The lowest BCUT2D eigenvalue weighted by Gasteiger charge is -2.13. The van der Waals surface area contributed by atoms with Crippen LogP contribution in [0.2, 0.25) is 0 Å². The second-order valence-electron chi connectivity index (χ2n) is 5.54. The molecule has 0 aliphatic carbocycles. The second kappa shape index (κ2) is 8.35. The quantitative estimate of drug-likeness (QED) is 0.487. The van der Waals surface area contributed by atoms with Crippen molar-refractivity contribution < 1.29 is 23.4 Å². The number of halogens is 2. The van der Waals surface area contributed by atoms with Crippen LogP contribution in [-0.4, -0.2) is 25.1 Å². The number of hydrogen-bond acceptors (Lipinski definition) is 5. The van der Waals surface area contributed by atoms with Gasteiger partial charge in [-0.25, -0.2) is 14.2 Å². The number of esters is 1. The number of carbonyl (C=O) groups excluding carboxylic acids is 1. The van der Waals surface area contributed by atoms with Crippen LogP contribution in [0.5, 0.6) is 11.5 Å². The summed E-state index contributed by atoms with van der Waals surface area (Å²) in [6.45, 7) is 4.72. The minimum atomic E-state index is -0.600. The molecule has 0 aromatic heterocycles. The predicted molar refractivity (Wildman–Crippen MR) is 103 cm³/mol. The van der Waals surface area contributed by atoms with Crippen LogP contribution in [0.15, 0.2) is 51.6 Å². The first-order valence-corrected chi connectivity index (χ1v) is 9.18. The molecule has 3 rings (SSSR count). The molecule has 0 bridgehead atoms. The van der Waals surface area contributed by atoms with Gasteiger partial charge in [0.25, 0.3) is 0 Å². The lowest BCUT2D eigenvalue weighted by molar-refractivity contribution is -0.129. The maximum absolute atomic E-state index is 13.4. The maximum Gasteiger partial charge on any atom is 0.363 e. The van der Waals surface area contributed by atoms with Crippen LogP contribution >= 0.6 is 15.9 Å². The van der Waals surface area contributed by atoms with Crippen molar-refractivity contribution in [3.63, 3.8) is 0 Å². The summed E-state index contributed by atoms with van der Waals surface area (Å²) >= 11 is 3.46. The van der Waals surface area contributed by atoms with Crippen molar-refractivity contribution in [1.82, 2.24) is 0 Å². The molecule has 0 unspecified atom stereocenters. The van der Waals surface area contributed by atoms with E-state index >= 15 is 0 Å². The van der Waals surface area contributed by atoms with Crippen LogP contribution in [0, 0.1) is 5.82 Å². The van der Waals surface area contributed by atoms with E-state index in [0.29, 0.717) is 40.3 Å². The molecule has 0 amide bonds. The number of hydrogen-bond donors (Lipinski definition) is 0. The van der Waals surface area contributed by atoms with Gasteiger partial charge in [-0.15, -0.1) is 0 Å². The van der Waals surface area contributed by atoms with E-state index in [-0.39, 0.29) is 11.6 Å². The predicted octanol–water partition coefficient (Wildman–Crippen LogP) is 4.73. The van der Waals surface area contributed by atoms with E-state index in [9.17, 15) is 9.18 Å². The normalized spacial score (nSPS) is 14.9. The molecule has 0 saturated heterocycles. The summed E-state index contributed by atoms with van der Waals surface area (Å²) < 4.78 is 30.5. The monoisotopic (exact) mass is 433 g/mol. The third kappa shape index (κ3) is 4.36. The molecule has 1 aliphatic rings. The van der Waals surface area contributed by atoms with E-state index in [2.05, 4.69) is 20.9 Å². The topological polar surface area (TPSA) is 57.1 Å². The van der Waals surface area contributed by atoms with Gasteiger partial charge in [-0.2, -0.15) is 0 Å². The van der Waals surface area contributed by atoms with Gasteiger partial charge in [0.2, 0.25) is 5.90 Å². The number of rotatable bonds is 6. The van der Waals surface area contributed by atoms with Gasteiger partial charge in [0.05, 0.1) is 17.7 Å². The first kappa shape index (κ1) is 19.1. The van der Waals surface area contributed by atoms with Gasteiger partial charge in [-0.05, 0) is 71.7 Å². The molecule has 1 heterocycles. The van der Waals surface area contributed by atoms with Crippen LogP contribution < -0.4 is 9.47 Å². The van der Waals surface area contributed by atoms with Gasteiger partial charge in [-0.1, -0.05) is 6.07 Å². The van der Waals surface area contributed by atoms with Gasteiger partial charge in [-0.3, -0.25) is 0 Å². The van der Waals surface area contributed by atoms with Crippen molar-refractivity contribution >= 4 is 33.9 Å². The van der Waals surface area contributed by atoms with E-state index in [1.807, 2.05) is 13.8 Å². The fourth-order valence-electron chi connectivity index (χ4n) is 2.53. The average Bonchev–Trinajstić information content (AvgIpc) is 2.99. The van der Waals surface area contributed by atoms with Gasteiger partial charge < -0.3 is 14.2 Å². The Labute approximate surface area is 164 Å². The van der Waals surface area contributed by atoms with Crippen LogP contribution in [-0.2, 0) is 9.53 Å². The number of benzene rings is 2. The summed E-state index contributed by atoms with van der Waals surface area (Å²) in [5, 5.41) is 0. The number of nitrogens with zero attached hydrogens (tertiary/aromatic N) is 1. The molecule has 5 nitrogen and oxygen atoms in total. The van der Waals surface area contributed by atoms with Crippen molar-refractivity contribution in [1.29, 1.82) is 0 Å². The van der Waals surface area contributed by atoms with Crippen molar-refractivity contribution in [2.45, 2.75) is 13.8 Å². The minimum absolute atomic E-state index is 0.0702. The Morgan fingerprint density at radius 1 is 1.19 bits per heavy atom. The fraction of sp³-hybridized carbons (Fsp3) is 0.200. The molecule has 7 heteroatoms. The maximum atomic E-state index is 13.4. The Kier molecular flexibility index (Phi) is 5.91. The standard InChI is InChI=1S/C20H17BrFNO4/c1-3-25-17-10-12(8-15(21)18(17)26-4-2)9-16-20(24)27-19(23-16)13-6-5-7-14(22)11-13/h5-11H,3-4H2,1-2H3. The van der Waals surface area contributed by atoms with Gasteiger partial charge in [0.1, 0.15) is 5.82 Å². The summed E-state index contributed by atoms with van der Waals surface area (Å²) in [7, 11) is 0. The molecular weight excluding hydrogens is 417 g/mol. The Morgan fingerprint density at radius 3 is 2.67 bits per heavy atom. The molecule has 0 N–H and O–H groups in total. The van der Waals surface area contributed by atoms with Crippen molar-refractivity contribution in [3.05, 3.63) is 63.5 Å². The van der Waals surface area contributed by atoms with E-state index in [1.165, 1.54) is 18.2 Å². The van der Waals surface area contributed by atoms with Crippen LogP contribution in [0.25, 0.3) is 6.08 Å². The molecule has 0 spiro atoms. The Hall–Kier alpha value is -2.67. The first-order valence-electron chi connectivity index (χ1n) is 8.39. The van der Waals surface area contributed by atoms with Gasteiger partial charge in [0.15, 0.2) is 17.2 Å². The molecule has 0 atom stereocenters. The van der Waals surface area contributed by atoms with E-state index in [4.69, 9.17) is 14.2 Å². The summed E-state index contributed by atoms with van der Waals surface area (Å²) in [6, 6.07) is 9.28. The lowest BCUT2D eigenvalue weighted by Crippen LogP contribution is -2.05. The Bertz CT molecular complexity index is 940. The van der Waals surface area contributed by atoms with E-state index < -0.39 is 11.8 Å². The smallest absolute Gasteiger partial charge is 0.363 e. The number of cyclic esters (lactones) is 1. The number of aliphatic imine (C=N–C) groups is 1. The SMILES string of the molecule is CCOc1cc(C=C2N=C(c3cccc(F)c3)OC2=O)cc(Br)c1OCC. The highest BCUT2D eigenvalue weighted by molar-refractivity contribution is 9.10. The van der Waals surface area contributed by atoms with Crippen molar-refractivity contribution in [2.24, 2.45) is 4.99 Å². The zero-order valence-corrected chi connectivity index (χ0v) is 16.4. The van der Waals surface area contributed by atoms with E-state index in [1.54, 1.807) is 24.3 Å². The Morgan fingerprint density at radius 2 is 1.96 bits per heavy atom. The summed E-state index contributed by atoms with van der Waals surface area (Å²) in [6.07, 6.45) is 1.58. The van der Waals surface area contributed by atoms with Crippen LogP contribution in [0.4, 0.5) is 4.39 Å². The molecule has 0 saturated carbocycles. The zero-order valence-electron chi connectivity index (χ0n) is 14.8. The van der Waals surface area contributed by atoms with Crippen LogP contribution in [0.1, 0.15) is 25.0 Å². The summed E-state index contributed by atoms with van der Waals surface area (Å²) in [5.74, 6) is 0.194. The van der Waals surface area contributed by atoms with E-state index in [0.717, 1.165) is 0 Å². The third-order valence-corrected chi connectivity index (χ3v) is 4.20. The number of carbonyl (C=O) groups is 1. The van der Waals surface area contributed by atoms with Gasteiger partial charge in [0, 0.05) is 5.56 Å². The molecule has 140 valence electrons. The molecule has 1 aliphatic heterocycles. The highest BCUT2D eigenvalue weighted by atomic mass is 79.9. The minimum Gasteiger partial charge on any atom is -0.490 e. The fourth-order valence-corrected chi connectivity index (χ4v) is 3.10. The van der Waals surface area contributed by atoms with Crippen molar-refractivity contribution in [3.8, 4) is 11.5 Å². The molecule has 27 heavy (non-hydrogen) atoms. The molecular formula is C20H17BrFNO4. The summed E-state index contributed by atoms with van der Waals surface area (Å²) in [4.78, 5) is 16.3. The number of ether oxygens (including phenoxy) is 3. The van der Waals surface area contributed by atoms with Crippen molar-refractivity contribution in [2.75, 3.05) is 13.2 Å². The highest BCUT2D eigenvalue weighted by Crippen LogP contribution is 2.37. The van der Waals surface area contributed by atoms with Gasteiger partial charge >= 0.3 is 5.97 Å². The molecule has 0 fully saturated rings. The second-order valence-corrected chi connectivity index (χ2v) is 6.40.